The van der Waals surface area contributed by atoms with E-state index in [1.165, 1.54) is 23.6 Å². The van der Waals surface area contributed by atoms with Gasteiger partial charge in [-0.15, -0.1) is 0 Å². The monoisotopic (exact) mass is 342 g/mol. The Morgan fingerprint density at radius 3 is 2.52 bits per heavy atom. The Morgan fingerprint density at radius 2 is 1.84 bits per heavy atom. The molecule has 2 aliphatic rings. The van der Waals surface area contributed by atoms with Gasteiger partial charge < -0.3 is 5.32 Å². The van der Waals surface area contributed by atoms with Gasteiger partial charge >= 0.3 is 5.69 Å². The van der Waals surface area contributed by atoms with Crippen LogP contribution in [-0.4, -0.2) is 26.5 Å². The first-order valence-electron chi connectivity index (χ1n) is 9.09. The molecular weight excluding hydrogens is 320 g/mol. The van der Waals surface area contributed by atoms with Crippen molar-refractivity contribution in [1.29, 1.82) is 0 Å². The van der Waals surface area contributed by atoms with E-state index in [2.05, 4.69) is 15.3 Å². The number of H-pyrrole nitrogens is 1. The predicted octanol–water partition coefficient (Wildman–Crippen LogP) is 1.87. The minimum absolute atomic E-state index is 0.102. The largest absolute Gasteiger partial charge is 0.349 e. The molecule has 7 heteroatoms. The molecule has 0 radical (unpaired) electrons. The van der Waals surface area contributed by atoms with Crippen molar-refractivity contribution < 1.29 is 4.79 Å². The first-order valence-corrected chi connectivity index (χ1v) is 9.09. The molecule has 0 atom stereocenters. The fourth-order valence-corrected chi connectivity index (χ4v) is 3.63. The van der Waals surface area contributed by atoms with E-state index < -0.39 is 11.2 Å². The van der Waals surface area contributed by atoms with E-state index in [0.29, 0.717) is 16.6 Å². The predicted molar refractivity (Wildman–Crippen MR) is 93.9 cm³/mol. The van der Waals surface area contributed by atoms with Crippen molar-refractivity contribution in [2.75, 3.05) is 0 Å². The van der Waals surface area contributed by atoms with E-state index in [9.17, 15) is 14.4 Å². The van der Waals surface area contributed by atoms with Gasteiger partial charge in [-0.25, -0.2) is 9.78 Å². The highest BCUT2D eigenvalue weighted by molar-refractivity contribution is 5.96. The van der Waals surface area contributed by atoms with E-state index in [0.717, 1.165) is 38.5 Å². The molecule has 2 N–H and O–H groups in total. The average Bonchev–Trinajstić information content (AvgIpc) is 3.42. The summed E-state index contributed by atoms with van der Waals surface area (Å²) in [5.74, 6) is -0.204. The standard InChI is InChI=1S/C18H22N4O3/c23-16(20-12-5-3-1-2-4-6-12)11-9-14-15(19-10-11)22(13-7-8-13)18(25)21-17(14)24/h9-10,12-13H,1-8H2,(H,20,23)(H,21,24,25). The third-order valence-corrected chi connectivity index (χ3v) is 5.14. The number of hydrogen-bond acceptors (Lipinski definition) is 4. The van der Waals surface area contributed by atoms with Crippen molar-refractivity contribution >= 4 is 16.9 Å². The molecule has 7 nitrogen and oxygen atoms in total. The molecular formula is C18H22N4O3. The molecule has 0 saturated heterocycles. The van der Waals surface area contributed by atoms with Crippen molar-refractivity contribution in [3.05, 3.63) is 38.7 Å². The number of fused-ring (bicyclic) bond motifs is 1. The number of carbonyl (C=O) groups excluding carboxylic acids is 1. The Bertz CT molecular complexity index is 918. The third-order valence-electron chi connectivity index (χ3n) is 5.14. The summed E-state index contributed by atoms with van der Waals surface area (Å²) in [6.07, 6.45) is 9.98. The van der Waals surface area contributed by atoms with Gasteiger partial charge in [0.25, 0.3) is 11.5 Å². The lowest BCUT2D eigenvalue weighted by Gasteiger charge is -2.16. The molecule has 2 aromatic rings. The number of hydrogen-bond donors (Lipinski definition) is 2. The minimum Gasteiger partial charge on any atom is -0.349 e. The quantitative estimate of drug-likeness (QED) is 0.832. The Morgan fingerprint density at radius 1 is 1.12 bits per heavy atom. The van der Waals surface area contributed by atoms with Crippen molar-refractivity contribution in [3.8, 4) is 0 Å². The van der Waals surface area contributed by atoms with Crippen molar-refractivity contribution in [1.82, 2.24) is 19.9 Å². The van der Waals surface area contributed by atoms with Crippen molar-refractivity contribution in [2.24, 2.45) is 0 Å². The van der Waals surface area contributed by atoms with Gasteiger partial charge in [0.2, 0.25) is 0 Å². The van der Waals surface area contributed by atoms with Crippen LogP contribution in [0.1, 0.15) is 67.8 Å². The molecule has 0 unspecified atom stereocenters. The van der Waals surface area contributed by atoms with Gasteiger partial charge in [0.15, 0.2) is 0 Å². The summed E-state index contributed by atoms with van der Waals surface area (Å²) in [6, 6.07) is 1.83. The molecule has 2 fully saturated rings. The summed E-state index contributed by atoms with van der Waals surface area (Å²) in [4.78, 5) is 43.4. The second-order valence-corrected chi connectivity index (χ2v) is 7.12. The molecule has 25 heavy (non-hydrogen) atoms. The van der Waals surface area contributed by atoms with Crippen LogP contribution >= 0.6 is 0 Å². The summed E-state index contributed by atoms with van der Waals surface area (Å²) in [5.41, 5.74) is -0.192. The van der Waals surface area contributed by atoms with Crippen molar-refractivity contribution in [3.63, 3.8) is 0 Å². The summed E-state index contributed by atoms with van der Waals surface area (Å²) in [7, 11) is 0. The summed E-state index contributed by atoms with van der Waals surface area (Å²) < 4.78 is 1.53. The van der Waals surface area contributed by atoms with Crippen LogP contribution in [0.5, 0.6) is 0 Å². The second-order valence-electron chi connectivity index (χ2n) is 7.12. The molecule has 0 aliphatic heterocycles. The Hall–Kier alpha value is -2.44. The van der Waals surface area contributed by atoms with Crippen LogP contribution in [0.25, 0.3) is 11.0 Å². The smallest absolute Gasteiger partial charge is 0.330 e. The van der Waals surface area contributed by atoms with E-state index in [-0.39, 0.29) is 18.0 Å². The van der Waals surface area contributed by atoms with Gasteiger partial charge in [0.05, 0.1) is 10.9 Å². The van der Waals surface area contributed by atoms with Crippen LogP contribution in [0.4, 0.5) is 0 Å². The first kappa shape index (κ1) is 16.1. The lowest BCUT2D eigenvalue weighted by Crippen LogP contribution is -2.35. The van der Waals surface area contributed by atoms with Crippen LogP contribution in [-0.2, 0) is 0 Å². The molecule has 0 spiro atoms. The second kappa shape index (κ2) is 6.46. The summed E-state index contributed by atoms with van der Waals surface area (Å²) in [5, 5.41) is 3.35. The van der Waals surface area contributed by atoms with E-state index >= 15 is 0 Å². The van der Waals surface area contributed by atoms with Crippen LogP contribution < -0.4 is 16.6 Å². The van der Waals surface area contributed by atoms with Gasteiger partial charge in [0.1, 0.15) is 5.65 Å². The molecule has 2 aliphatic carbocycles. The zero-order chi connectivity index (χ0) is 17.4. The number of pyridine rings is 1. The lowest BCUT2D eigenvalue weighted by molar-refractivity contribution is 0.0933. The van der Waals surface area contributed by atoms with E-state index in [1.807, 2.05) is 0 Å². The highest BCUT2D eigenvalue weighted by atomic mass is 16.2. The van der Waals surface area contributed by atoms with Gasteiger partial charge in [-0.1, -0.05) is 25.7 Å². The van der Waals surface area contributed by atoms with E-state index in [4.69, 9.17) is 0 Å². The zero-order valence-electron chi connectivity index (χ0n) is 14.1. The van der Waals surface area contributed by atoms with Gasteiger partial charge in [-0.05, 0) is 31.7 Å². The molecule has 0 aromatic carbocycles. The Kier molecular flexibility index (Phi) is 4.15. The topological polar surface area (TPSA) is 96.8 Å². The van der Waals surface area contributed by atoms with Gasteiger partial charge in [-0.2, -0.15) is 0 Å². The maximum atomic E-state index is 12.5. The SMILES string of the molecule is O=C(NC1CCCCCC1)c1cnc2c(c1)c(=O)[nH]c(=O)n2C1CC1. The maximum Gasteiger partial charge on any atom is 0.330 e. The number of nitrogens with one attached hydrogen (secondary N) is 2. The first-order chi connectivity index (χ1) is 12.1. The molecule has 0 bridgehead atoms. The fourth-order valence-electron chi connectivity index (χ4n) is 3.63. The number of aromatic amines is 1. The number of rotatable bonds is 3. The maximum absolute atomic E-state index is 12.5. The number of nitrogens with zero attached hydrogens (tertiary/aromatic N) is 2. The van der Waals surface area contributed by atoms with Crippen LogP contribution in [0.2, 0.25) is 0 Å². The van der Waals surface area contributed by atoms with Crippen LogP contribution in [0.15, 0.2) is 21.9 Å². The molecule has 132 valence electrons. The van der Waals surface area contributed by atoms with E-state index in [1.54, 1.807) is 6.07 Å². The average molecular weight is 342 g/mol. The normalized spacial score (nSPS) is 18.9. The minimum atomic E-state index is -0.492. The zero-order valence-corrected chi connectivity index (χ0v) is 14.1. The molecule has 2 saturated carbocycles. The van der Waals surface area contributed by atoms with Crippen LogP contribution in [0, 0.1) is 0 Å². The Labute approximate surface area is 144 Å². The number of carbonyl (C=O) groups is 1. The number of aromatic nitrogens is 3. The number of amides is 1. The van der Waals surface area contributed by atoms with Crippen molar-refractivity contribution in [2.45, 2.75) is 63.5 Å². The summed E-state index contributed by atoms with van der Waals surface area (Å²) in [6.45, 7) is 0. The lowest BCUT2D eigenvalue weighted by atomic mass is 10.1. The molecule has 4 rings (SSSR count). The van der Waals surface area contributed by atoms with Gasteiger partial charge in [-0.3, -0.25) is 19.1 Å². The fraction of sp³-hybridized carbons (Fsp3) is 0.556. The molecule has 2 heterocycles. The molecule has 2 aromatic heterocycles. The molecule has 1 amide bonds. The highest BCUT2D eigenvalue weighted by Crippen LogP contribution is 2.34. The van der Waals surface area contributed by atoms with Crippen LogP contribution in [0.3, 0.4) is 0 Å². The summed E-state index contributed by atoms with van der Waals surface area (Å²) >= 11 is 0. The highest BCUT2D eigenvalue weighted by Gasteiger charge is 2.28. The third kappa shape index (κ3) is 3.23. The van der Waals surface area contributed by atoms with Gasteiger partial charge in [0, 0.05) is 18.3 Å². The Balaban J connectivity index is 1.65.